The van der Waals surface area contributed by atoms with Crippen LogP contribution < -0.4 is 4.90 Å². The third-order valence-corrected chi connectivity index (χ3v) is 3.04. The van der Waals surface area contributed by atoms with Crippen molar-refractivity contribution in [3.8, 4) is 6.07 Å². The molecule has 1 rings (SSSR count). The number of anilines is 1. The molecule has 1 aromatic rings. The van der Waals surface area contributed by atoms with Crippen LogP contribution in [0.1, 0.15) is 38.4 Å². The molecule has 4 nitrogen and oxygen atoms in total. The summed E-state index contributed by atoms with van der Waals surface area (Å²) < 4.78 is 1.81. The maximum atomic E-state index is 9.18. The average molecular weight is 220 g/mol. The summed E-state index contributed by atoms with van der Waals surface area (Å²) in [5, 5.41) is 13.5. The second-order valence-corrected chi connectivity index (χ2v) is 4.06. The van der Waals surface area contributed by atoms with E-state index in [1.165, 1.54) is 0 Å². The van der Waals surface area contributed by atoms with Gasteiger partial charge in [0.15, 0.2) is 0 Å². The van der Waals surface area contributed by atoms with Gasteiger partial charge in [-0.05, 0) is 27.2 Å². The lowest BCUT2D eigenvalue weighted by Crippen LogP contribution is -2.34. The highest BCUT2D eigenvalue weighted by atomic mass is 15.4. The molecule has 0 fully saturated rings. The number of hydrogen-bond donors (Lipinski definition) is 0. The minimum atomic E-state index is 0.423. The first-order chi connectivity index (χ1) is 7.56. The lowest BCUT2D eigenvalue weighted by molar-refractivity contribution is 0.600. The summed E-state index contributed by atoms with van der Waals surface area (Å²) >= 11 is 0. The zero-order chi connectivity index (χ0) is 12.3. The minimum absolute atomic E-state index is 0.423. The summed E-state index contributed by atoms with van der Waals surface area (Å²) in [6.07, 6.45) is 1.06. The van der Waals surface area contributed by atoms with Crippen LogP contribution in [0.4, 0.5) is 5.82 Å². The number of aromatic nitrogens is 2. The zero-order valence-corrected chi connectivity index (χ0v) is 10.8. The van der Waals surface area contributed by atoms with Crippen LogP contribution >= 0.6 is 0 Å². The van der Waals surface area contributed by atoms with E-state index in [0.717, 1.165) is 24.5 Å². The Balaban J connectivity index is 3.25. The minimum Gasteiger partial charge on any atom is -0.353 e. The number of nitriles is 1. The van der Waals surface area contributed by atoms with Gasteiger partial charge in [0.2, 0.25) is 0 Å². The second-order valence-electron chi connectivity index (χ2n) is 4.06. The second kappa shape index (κ2) is 5.02. The van der Waals surface area contributed by atoms with Crippen LogP contribution in [-0.4, -0.2) is 22.4 Å². The number of rotatable bonds is 4. The van der Waals surface area contributed by atoms with Gasteiger partial charge in [-0.15, -0.1) is 0 Å². The third-order valence-electron chi connectivity index (χ3n) is 3.04. The lowest BCUT2D eigenvalue weighted by atomic mass is 10.2. The van der Waals surface area contributed by atoms with Crippen LogP contribution in [0.15, 0.2) is 0 Å². The average Bonchev–Trinajstić information content (AvgIpc) is 2.54. The molecule has 1 atom stereocenters. The molecule has 0 aromatic carbocycles. The Hall–Kier alpha value is -1.50. The summed E-state index contributed by atoms with van der Waals surface area (Å²) in [7, 11) is 1.90. The maximum Gasteiger partial charge on any atom is 0.145 e. The summed E-state index contributed by atoms with van der Waals surface area (Å²) in [5.41, 5.74) is 1.51. The maximum absolute atomic E-state index is 9.18. The fourth-order valence-corrected chi connectivity index (χ4v) is 2.00. The molecule has 88 valence electrons. The fourth-order valence-electron chi connectivity index (χ4n) is 2.00. The van der Waals surface area contributed by atoms with Gasteiger partial charge in [0, 0.05) is 19.6 Å². The predicted molar refractivity (Wildman–Crippen MR) is 65.4 cm³/mol. The van der Waals surface area contributed by atoms with Crippen LogP contribution in [0.2, 0.25) is 0 Å². The van der Waals surface area contributed by atoms with E-state index in [-0.39, 0.29) is 0 Å². The van der Waals surface area contributed by atoms with Gasteiger partial charge >= 0.3 is 0 Å². The van der Waals surface area contributed by atoms with Gasteiger partial charge in [0.05, 0.1) is 5.69 Å². The molecule has 0 bridgehead atoms. The van der Waals surface area contributed by atoms with Gasteiger partial charge in [-0.25, -0.2) is 0 Å². The van der Waals surface area contributed by atoms with Gasteiger partial charge in [-0.3, -0.25) is 4.68 Å². The highest BCUT2D eigenvalue weighted by Gasteiger charge is 2.21. The molecule has 0 spiro atoms. The van der Waals surface area contributed by atoms with Crippen LogP contribution in [0.3, 0.4) is 0 Å². The van der Waals surface area contributed by atoms with E-state index in [4.69, 9.17) is 0 Å². The standard InChI is InChI=1S/C12H20N4/c1-6-9(3)16(7-2)12-11(8-13)10(4)14-15(12)5/h9H,6-7H2,1-5H3. The zero-order valence-electron chi connectivity index (χ0n) is 10.8. The lowest BCUT2D eigenvalue weighted by Gasteiger charge is -2.29. The molecule has 1 heterocycles. The molecule has 16 heavy (non-hydrogen) atoms. The molecular weight excluding hydrogens is 200 g/mol. The number of aryl methyl sites for hydroxylation is 2. The fraction of sp³-hybridized carbons (Fsp3) is 0.667. The van der Waals surface area contributed by atoms with Crippen molar-refractivity contribution in [3.05, 3.63) is 11.3 Å². The highest BCUT2D eigenvalue weighted by molar-refractivity contribution is 5.57. The van der Waals surface area contributed by atoms with Gasteiger partial charge < -0.3 is 4.90 Å². The van der Waals surface area contributed by atoms with E-state index < -0.39 is 0 Å². The first-order valence-electron chi connectivity index (χ1n) is 5.77. The first-order valence-corrected chi connectivity index (χ1v) is 5.77. The Labute approximate surface area is 97.5 Å². The summed E-state index contributed by atoms with van der Waals surface area (Å²) in [6.45, 7) is 9.21. The Morgan fingerprint density at radius 3 is 2.56 bits per heavy atom. The first kappa shape index (κ1) is 12.6. The van der Waals surface area contributed by atoms with E-state index in [9.17, 15) is 5.26 Å². The van der Waals surface area contributed by atoms with Crippen molar-refractivity contribution in [1.29, 1.82) is 5.26 Å². The third kappa shape index (κ3) is 2.04. The molecule has 0 N–H and O–H groups in total. The van der Waals surface area contributed by atoms with Crippen molar-refractivity contribution in [1.82, 2.24) is 9.78 Å². The van der Waals surface area contributed by atoms with Crippen molar-refractivity contribution in [2.75, 3.05) is 11.4 Å². The molecule has 0 aliphatic heterocycles. The molecule has 0 amide bonds. The van der Waals surface area contributed by atoms with E-state index in [1.807, 2.05) is 18.7 Å². The van der Waals surface area contributed by atoms with Crippen molar-refractivity contribution < 1.29 is 0 Å². The topological polar surface area (TPSA) is 44.9 Å². The molecule has 4 heteroatoms. The summed E-state index contributed by atoms with van der Waals surface area (Å²) in [5.74, 6) is 0.942. The van der Waals surface area contributed by atoms with Gasteiger partial charge in [-0.2, -0.15) is 10.4 Å². The SMILES string of the molecule is CCC(C)N(CC)c1c(C#N)c(C)nn1C. The normalized spacial score (nSPS) is 12.2. The Morgan fingerprint density at radius 2 is 2.12 bits per heavy atom. The van der Waals surface area contributed by atoms with Gasteiger partial charge in [-0.1, -0.05) is 6.92 Å². The van der Waals surface area contributed by atoms with Crippen molar-refractivity contribution in [2.45, 2.75) is 40.2 Å². The Morgan fingerprint density at radius 1 is 1.50 bits per heavy atom. The van der Waals surface area contributed by atoms with E-state index in [2.05, 4.69) is 36.8 Å². The van der Waals surface area contributed by atoms with Crippen molar-refractivity contribution >= 4 is 5.82 Å². The molecule has 0 aliphatic carbocycles. The monoisotopic (exact) mass is 220 g/mol. The Bertz CT molecular complexity index is 400. The summed E-state index contributed by atoms with van der Waals surface area (Å²) in [4.78, 5) is 2.23. The smallest absolute Gasteiger partial charge is 0.145 e. The molecule has 1 aromatic heterocycles. The van der Waals surface area contributed by atoms with E-state index >= 15 is 0 Å². The van der Waals surface area contributed by atoms with E-state index in [1.54, 1.807) is 0 Å². The largest absolute Gasteiger partial charge is 0.353 e. The van der Waals surface area contributed by atoms with Gasteiger partial charge in [0.1, 0.15) is 17.5 Å². The summed E-state index contributed by atoms with van der Waals surface area (Å²) in [6, 6.07) is 2.68. The van der Waals surface area contributed by atoms with Crippen LogP contribution in [-0.2, 0) is 7.05 Å². The molecule has 0 aliphatic rings. The van der Waals surface area contributed by atoms with E-state index in [0.29, 0.717) is 11.6 Å². The quantitative estimate of drug-likeness (QED) is 0.781. The van der Waals surface area contributed by atoms with Crippen molar-refractivity contribution in [2.24, 2.45) is 7.05 Å². The van der Waals surface area contributed by atoms with Crippen molar-refractivity contribution in [3.63, 3.8) is 0 Å². The number of hydrogen-bond acceptors (Lipinski definition) is 3. The van der Waals surface area contributed by atoms with Crippen LogP contribution in [0, 0.1) is 18.3 Å². The highest BCUT2D eigenvalue weighted by Crippen LogP contribution is 2.24. The Kier molecular flexibility index (Phi) is 3.94. The van der Waals surface area contributed by atoms with Crippen LogP contribution in [0.5, 0.6) is 0 Å². The number of nitrogens with zero attached hydrogens (tertiary/aromatic N) is 4. The molecule has 1 unspecified atom stereocenters. The predicted octanol–water partition coefficient (Wildman–Crippen LogP) is 2.22. The van der Waals surface area contributed by atoms with Gasteiger partial charge in [0.25, 0.3) is 0 Å². The molecule has 0 saturated heterocycles. The molecule has 0 saturated carbocycles. The molecule has 0 radical (unpaired) electrons. The molecular formula is C12H20N4. The van der Waals surface area contributed by atoms with Crippen LogP contribution in [0.25, 0.3) is 0 Å².